The maximum Gasteiger partial charge on any atom is 0.248 e. The van der Waals surface area contributed by atoms with Crippen molar-refractivity contribution in [3.05, 3.63) is 47.3 Å². The lowest BCUT2D eigenvalue weighted by Gasteiger charge is -2.40. The Balaban J connectivity index is 1.79. The summed E-state index contributed by atoms with van der Waals surface area (Å²) in [5.41, 5.74) is 7.06. The van der Waals surface area contributed by atoms with Gasteiger partial charge in [-0.15, -0.1) is 0 Å². The first-order chi connectivity index (χ1) is 15.8. The van der Waals surface area contributed by atoms with Gasteiger partial charge in [-0.05, 0) is 62.6 Å². The van der Waals surface area contributed by atoms with E-state index in [-0.39, 0.29) is 11.8 Å². The van der Waals surface area contributed by atoms with E-state index < -0.39 is 23.0 Å². The molecule has 2 atom stereocenters. The molecule has 8 heteroatoms. The van der Waals surface area contributed by atoms with E-state index in [1.54, 1.807) is 29.3 Å². The molecule has 1 saturated carbocycles. The average Bonchev–Trinajstić information content (AvgIpc) is 3.48. The topological polar surface area (TPSA) is 128 Å². The van der Waals surface area contributed by atoms with Crippen LogP contribution in [0.2, 0.25) is 0 Å². The zero-order valence-electron chi connectivity index (χ0n) is 21.0. The highest BCUT2D eigenvalue weighted by Crippen LogP contribution is 2.35. The highest BCUT2D eigenvalue weighted by Gasteiger charge is 2.44. The zero-order chi connectivity index (χ0) is 25.3. The number of nitriles is 1. The summed E-state index contributed by atoms with van der Waals surface area (Å²) in [6, 6.07) is 8.10. The monoisotopic (exact) mass is 466 g/mol. The first-order valence-corrected chi connectivity index (χ1v) is 12.0. The minimum atomic E-state index is -0.702. The third kappa shape index (κ3) is 5.71. The predicted molar refractivity (Wildman–Crippen MR) is 131 cm³/mol. The Labute approximate surface area is 202 Å². The molecule has 2 amide bonds. The van der Waals surface area contributed by atoms with Crippen LogP contribution in [0.1, 0.15) is 71.4 Å². The van der Waals surface area contributed by atoms with Crippen LogP contribution < -0.4 is 16.9 Å². The fourth-order valence-corrected chi connectivity index (χ4v) is 4.62. The molecule has 0 spiro atoms. The van der Waals surface area contributed by atoms with Crippen LogP contribution in [0.25, 0.3) is 0 Å². The minimum absolute atomic E-state index is 0.170. The van der Waals surface area contributed by atoms with E-state index in [2.05, 4.69) is 11.4 Å². The van der Waals surface area contributed by atoms with Gasteiger partial charge in [-0.25, -0.2) is 5.84 Å². The van der Waals surface area contributed by atoms with Gasteiger partial charge in [0.15, 0.2) is 0 Å². The molecule has 0 aromatic heterocycles. The van der Waals surface area contributed by atoms with Crippen molar-refractivity contribution in [3.8, 4) is 6.07 Å². The lowest BCUT2D eigenvalue weighted by molar-refractivity contribution is -0.145. The van der Waals surface area contributed by atoms with Gasteiger partial charge in [-0.2, -0.15) is 5.26 Å². The number of carbonyl (C=O) groups is 2. The molecule has 8 nitrogen and oxygen atoms in total. The fourth-order valence-electron chi connectivity index (χ4n) is 4.62. The molecule has 2 fully saturated rings. The molecule has 0 bridgehead atoms. The van der Waals surface area contributed by atoms with Crippen molar-refractivity contribution in [2.75, 3.05) is 6.54 Å². The molecule has 1 saturated heterocycles. The fraction of sp³-hybridized carbons (Fsp3) is 0.577. The zero-order valence-corrected chi connectivity index (χ0v) is 21.0. The van der Waals surface area contributed by atoms with Gasteiger partial charge in [-0.1, -0.05) is 32.9 Å². The van der Waals surface area contributed by atoms with E-state index in [4.69, 9.17) is 11.6 Å². The molecule has 5 N–H and O–H groups in total. The van der Waals surface area contributed by atoms with Crippen molar-refractivity contribution in [1.29, 1.82) is 5.26 Å². The van der Waals surface area contributed by atoms with Gasteiger partial charge in [0.2, 0.25) is 11.8 Å². The summed E-state index contributed by atoms with van der Waals surface area (Å²) in [7, 11) is 0. The second-order valence-electron chi connectivity index (χ2n) is 11.1. The van der Waals surface area contributed by atoms with Crippen LogP contribution >= 0.6 is 0 Å². The molecule has 0 unspecified atom stereocenters. The van der Waals surface area contributed by atoms with Crippen molar-refractivity contribution < 1.29 is 9.59 Å². The lowest BCUT2D eigenvalue weighted by Crippen LogP contribution is -2.59. The number of nitrogens with two attached hydrogens (primary N) is 2. The second-order valence-corrected chi connectivity index (χ2v) is 11.1. The minimum Gasteiger partial charge on any atom is -0.401 e. The van der Waals surface area contributed by atoms with E-state index in [9.17, 15) is 14.9 Å². The van der Waals surface area contributed by atoms with E-state index in [0.717, 1.165) is 24.8 Å². The molecule has 3 rings (SSSR count). The third-order valence-corrected chi connectivity index (χ3v) is 6.69. The Kier molecular flexibility index (Phi) is 7.27. The third-order valence-electron chi connectivity index (χ3n) is 6.69. The van der Waals surface area contributed by atoms with Crippen LogP contribution in [0, 0.1) is 22.7 Å². The average molecular weight is 467 g/mol. The number of likely N-dealkylation sites (tertiary alicyclic amines) is 1. The Hall–Kier alpha value is -3.05. The standard InChI is InChI=1S/C26H38N6O2/c1-25(2,3)22(32(29)16-20(28)18-11-12-18)24(34)31-13-7-10-21(31)23(33)30-26(4,5)19-9-6-8-17(14-19)15-27/h6,8-9,14,16,18,21-22H,7,10-13,28-29H2,1-5H3,(H,30,33)/b20-16-/t21-,22+/m0/s1. The normalized spacial score (nSPS) is 20.0. The van der Waals surface area contributed by atoms with Crippen LogP contribution in [-0.4, -0.2) is 40.4 Å². The summed E-state index contributed by atoms with van der Waals surface area (Å²) in [5.74, 6) is 6.33. The maximum absolute atomic E-state index is 13.8. The van der Waals surface area contributed by atoms with E-state index in [0.29, 0.717) is 30.1 Å². The number of rotatable bonds is 7. The molecular formula is C26H38N6O2. The predicted octanol–water partition coefficient (Wildman–Crippen LogP) is 2.70. The summed E-state index contributed by atoms with van der Waals surface area (Å²) >= 11 is 0. The molecule has 1 aliphatic carbocycles. The van der Waals surface area contributed by atoms with Gasteiger partial charge in [0.1, 0.15) is 12.1 Å². The molecule has 0 radical (unpaired) electrons. The van der Waals surface area contributed by atoms with Gasteiger partial charge in [0.25, 0.3) is 0 Å². The Morgan fingerprint density at radius 3 is 2.50 bits per heavy atom. The van der Waals surface area contributed by atoms with Crippen LogP contribution in [0.5, 0.6) is 0 Å². The number of hydrazine groups is 1. The van der Waals surface area contributed by atoms with Crippen LogP contribution in [0.15, 0.2) is 36.2 Å². The summed E-state index contributed by atoms with van der Waals surface area (Å²) < 4.78 is 0. The quantitative estimate of drug-likeness (QED) is 0.419. The van der Waals surface area contributed by atoms with Gasteiger partial charge < -0.3 is 21.0 Å². The van der Waals surface area contributed by atoms with E-state index >= 15 is 0 Å². The number of nitrogens with one attached hydrogen (secondary N) is 1. The molecule has 1 aliphatic heterocycles. The number of hydrogen-bond acceptors (Lipinski definition) is 6. The molecule has 1 aromatic rings. The van der Waals surface area contributed by atoms with Crippen molar-refractivity contribution >= 4 is 11.8 Å². The SMILES string of the molecule is CC(C)(NC(=O)[C@@H]1CCCN1C(=O)[C@@H](N(N)/C=C(\N)C1CC1)C(C)(C)C)c1cccc(C#N)c1. The number of nitrogens with zero attached hydrogens (tertiary/aromatic N) is 3. The van der Waals surface area contributed by atoms with Gasteiger partial charge in [0, 0.05) is 24.4 Å². The van der Waals surface area contributed by atoms with E-state index in [1.807, 2.05) is 40.7 Å². The smallest absolute Gasteiger partial charge is 0.248 e. The summed E-state index contributed by atoms with van der Waals surface area (Å²) in [5, 5.41) is 13.7. The highest BCUT2D eigenvalue weighted by molar-refractivity contribution is 5.91. The first kappa shape index (κ1) is 25.6. The molecular weight excluding hydrogens is 428 g/mol. The van der Waals surface area contributed by atoms with E-state index in [1.165, 1.54) is 5.01 Å². The Morgan fingerprint density at radius 2 is 1.91 bits per heavy atom. The number of allylic oxidation sites excluding steroid dienone is 1. The number of carbonyl (C=O) groups excluding carboxylic acids is 2. The van der Waals surface area contributed by atoms with Gasteiger partial charge in [0.05, 0.1) is 17.2 Å². The Bertz CT molecular complexity index is 999. The Morgan fingerprint density at radius 1 is 1.24 bits per heavy atom. The molecule has 1 aromatic carbocycles. The van der Waals surface area contributed by atoms with Crippen molar-refractivity contribution in [2.45, 2.75) is 77.9 Å². The molecule has 1 heterocycles. The van der Waals surface area contributed by atoms with Crippen LogP contribution in [0.4, 0.5) is 0 Å². The summed E-state index contributed by atoms with van der Waals surface area (Å²) in [6.45, 7) is 10.2. The van der Waals surface area contributed by atoms with Crippen molar-refractivity contribution in [1.82, 2.24) is 15.2 Å². The van der Waals surface area contributed by atoms with Crippen LogP contribution in [0.3, 0.4) is 0 Å². The van der Waals surface area contributed by atoms with Crippen molar-refractivity contribution in [2.24, 2.45) is 22.9 Å². The largest absolute Gasteiger partial charge is 0.401 e. The molecule has 34 heavy (non-hydrogen) atoms. The van der Waals surface area contributed by atoms with Gasteiger partial charge >= 0.3 is 0 Å². The highest BCUT2D eigenvalue weighted by atomic mass is 16.2. The van der Waals surface area contributed by atoms with Gasteiger partial charge in [-0.3, -0.25) is 9.59 Å². The molecule has 2 aliphatic rings. The maximum atomic E-state index is 13.8. The number of amides is 2. The molecule has 184 valence electrons. The summed E-state index contributed by atoms with van der Waals surface area (Å²) in [6.07, 6.45) is 5.11. The second kappa shape index (κ2) is 9.67. The number of benzene rings is 1. The van der Waals surface area contributed by atoms with Crippen molar-refractivity contribution in [3.63, 3.8) is 0 Å². The first-order valence-electron chi connectivity index (χ1n) is 12.0. The summed E-state index contributed by atoms with van der Waals surface area (Å²) in [4.78, 5) is 28.8. The lowest BCUT2D eigenvalue weighted by atomic mass is 9.85. The van der Waals surface area contributed by atoms with Crippen LogP contribution in [-0.2, 0) is 15.1 Å². The number of hydrogen-bond donors (Lipinski definition) is 3.